The molecule has 0 unspecified atom stereocenters. The molecule has 184 valence electrons. The zero-order valence-electron chi connectivity index (χ0n) is 18.9. The summed E-state index contributed by atoms with van der Waals surface area (Å²) < 4.78 is 25.8. The number of rotatable bonds is 8. The molecule has 1 N–H and O–H groups in total. The Morgan fingerprint density at radius 3 is 2.64 bits per heavy atom. The Morgan fingerprint density at radius 1 is 1.14 bits per heavy atom. The second-order valence-electron chi connectivity index (χ2n) is 7.72. The lowest BCUT2D eigenvalue weighted by Gasteiger charge is -2.14. The van der Waals surface area contributed by atoms with E-state index in [1.807, 2.05) is 0 Å². The summed E-state index contributed by atoms with van der Waals surface area (Å²) in [5.41, 5.74) is 1.32. The summed E-state index contributed by atoms with van der Waals surface area (Å²) in [6, 6.07) is 14.6. The van der Waals surface area contributed by atoms with Gasteiger partial charge in [-0.15, -0.1) is 0 Å². The van der Waals surface area contributed by atoms with Crippen LogP contribution in [0, 0.1) is 15.9 Å². The quantitative estimate of drug-likeness (QED) is 0.177. The monoisotopic (exact) mass is 555 g/mol. The maximum Gasteiger partial charge on any atom is 0.329 e. The number of imide groups is 1. The number of hydrogen-bond donors (Lipinski definition) is 1. The summed E-state index contributed by atoms with van der Waals surface area (Å²) in [5.74, 6) is -0.412. The predicted octanol–water partition coefficient (Wildman–Crippen LogP) is 5.18. The minimum Gasteiger partial charge on any atom is -0.493 e. The Bertz CT molecular complexity index is 1390. The highest BCUT2D eigenvalue weighted by molar-refractivity contribution is 9.10. The average Bonchev–Trinajstić information content (AvgIpc) is 3.11. The van der Waals surface area contributed by atoms with Crippen LogP contribution in [0.5, 0.6) is 11.5 Å². The van der Waals surface area contributed by atoms with Gasteiger partial charge >= 0.3 is 6.03 Å². The number of halogens is 2. The Hall–Kier alpha value is -4.25. The van der Waals surface area contributed by atoms with Crippen molar-refractivity contribution < 1.29 is 28.4 Å². The highest BCUT2D eigenvalue weighted by atomic mass is 79.9. The maximum absolute atomic E-state index is 14.0. The van der Waals surface area contributed by atoms with Gasteiger partial charge in [-0.05, 0) is 51.3 Å². The number of amides is 3. The zero-order valence-corrected chi connectivity index (χ0v) is 20.5. The van der Waals surface area contributed by atoms with Crippen LogP contribution in [0.15, 0.2) is 70.8 Å². The summed E-state index contributed by atoms with van der Waals surface area (Å²) >= 11 is 3.42. The Balaban J connectivity index is 1.53. The fourth-order valence-corrected chi connectivity index (χ4v) is 4.13. The zero-order chi connectivity index (χ0) is 25.8. The smallest absolute Gasteiger partial charge is 0.329 e. The second-order valence-corrected chi connectivity index (χ2v) is 8.58. The van der Waals surface area contributed by atoms with Gasteiger partial charge in [0.15, 0.2) is 11.5 Å². The largest absolute Gasteiger partial charge is 0.493 e. The van der Waals surface area contributed by atoms with Crippen molar-refractivity contribution in [3.8, 4) is 11.5 Å². The van der Waals surface area contributed by atoms with E-state index in [0.717, 1.165) is 4.90 Å². The molecule has 0 radical (unpaired) electrons. The lowest BCUT2D eigenvalue weighted by atomic mass is 10.1. The minimum atomic E-state index is -0.655. The number of nitrogens with zero attached hydrogens (tertiary/aromatic N) is 2. The number of hydrogen-bond acceptors (Lipinski definition) is 6. The average molecular weight is 556 g/mol. The van der Waals surface area contributed by atoms with E-state index >= 15 is 0 Å². The highest BCUT2D eigenvalue weighted by Crippen LogP contribution is 2.38. The molecule has 1 aliphatic rings. The van der Waals surface area contributed by atoms with Gasteiger partial charge in [0.05, 0.1) is 23.1 Å². The van der Waals surface area contributed by atoms with E-state index in [0.29, 0.717) is 27.1 Å². The Labute approximate surface area is 213 Å². The minimum absolute atomic E-state index is 0.0237. The first-order chi connectivity index (χ1) is 17.3. The summed E-state index contributed by atoms with van der Waals surface area (Å²) in [7, 11) is 1.44. The SMILES string of the molecule is COc1cc(/C=C2/NC(=O)N(Cc3ccccc3F)C2=O)cc(Br)c1OCc1cccc([N+](=O)[O-])c1. The van der Waals surface area contributed by atoms with E-state index in [1.165, 1.54) is 43.5 Å². The number of benzene rings is 3. The summed E-state index contributed by atoms with van der Waals surface area (Å²) in [6.07, 6.45) is 1.47. The van der Waals surface area contributed by atoms with Crippen LogP contribution in [-0.4, -0.2) is 28.9 Å². The van der Waals surface area contributed by atoms with Crippen LogP contribution in [0.4, 0.5) is 14.9 Å². The van der Waals surface area contributed by atoms with E-state index in [1.54, 1.807) is 30.3 Å². The number of carbonyl (C=O) groups is 2. The molecule has 1 aliphatic heterocycles. The molecule has 1 fully saturated rings. The van der Waals surface area contributed by atoms with Crippen molar-refractivity contribution in [1.82, 2.24) is 10.2 Å². The molecule has 0 spiro atoms. The van der Waals surface area contributed by atoms with Gasteiger partial charge in [0.2, 0.25) is 0 Å². The first kappa shape index (κ1) is 24.9. The second kappa shape index (κ2) is 10.6. The summed E-state index contributed by atoms with van der Waals surface area (Å²) in [5, 5.41) is 13.5. The predicted molar refractivity (Wildman–Crippen MR) is 132 cm³/mol. The fraction of sp³-hybridized carbons (Fsp3) is 0.120. The van der Waals surface area contributed by atoms with E-state index < -0.39 is 22.7 Å². The van der Waals surface area contributed by atoms with E-state index in [-0.39, 0.29) is 30.1 Å². The van der Waals surface area contributed by atoms with Crippen molar-refractivity contribution in [1.29, 1.82) is 0 Å². The first-order valence-corrected chi connectivity index (χ1v) is 11.4. The molecule has 1 heterocycles. The normalized spacial score (nSPS) is 14.2. The van der Waals surface area contributed by atoms with Gasteiger partial charge in [0, 0.05) is 17.7 Å². The van der Waals surface area contributed by atoms with Crippen LogP contribution >= 0.6 is 15.9 Å². The van der Waals surface area contributed by atoms with Crippen LogP contribution in [0.25, 0.3) is 6.08 Å². The van der Waals surface area contributed by atoms with Gasteiger partial charge in [-0.1, -0.05) is 30.3 Å². The third-order valence-electron chi connectivity index (χ3n) is 5.32. The molecule has 36 heavy (non-hydrogen) atoms. The maximum atomic E-state index is 14.0. The molecular formula is C25H19BrFN3O6. The van der Waals surface area contributed by atoms with Crippen LogP contribution in [0.1, 0.15) is 16.7 Å². The molecule has 3 aromatic carbocycles. The number of carbonyl (C=O) groups excluding carboxylic acids is 2. The number of non-ortho nitro benzene ring substituents is 1. The van der Waals surface area contributed by atoms with Crippen LogP contribution in [-0.2, 0) is 17.9 Å². The van der Waals surface area contributed by atoms with Crippen molar-refractivity contribution >= 4 is 39.6 Å². The molecule has 0 atom stereocenters. The van der Waals surface area contributed by atoms with Crippen LogP contribution in [0.2, 0.25) is 0 Å². The van der Waals surface area contributed by atoms with Gasteiger partial charge in [-0.25, -0.2) is 9.18 Å². The number of nitrogens with one attached hydrogen (secondary N) is 1. The fourth-order valence-electron chi connectivity index (χ4n) is 3.56. The third-order valence-corrected chi connectivity index (χ3v) is 5.90. The molecule has 0 aliphatic carbocycles. The van der Waals surface area contributed by atoms with Gasteiger partial charge in [0.1, 0.15) is 18.1 Å². The van der Waals surface area contributed by atoms with E-state index in [9.17, 15) is 24.1 Å². The molecule has 0 saturated carbocycles. The Kier molecular flexibility index (Phi) is 7.30. The van der Waals surface area contributed by atoms with Crippen molar-refractivity contribution in [2.24, 2.45) is 0 Å². The molecule has 0 aromatic heterocycles. The van der Waals surface area contributed by atoms with Crippen molar-refractivity contribution in [3.05, 3.63) is 103 Å². The Morgan fingerprint density at radius 2 is 1.92 bits per heavy atom. The van der Waals surface area contributed by atoms with Crippen LogP contribution in [0.3, 0.4) is 0 Å². The van der Waals surface area contributed by atoms with Gasteiger partial charge in [0.25, 0.3) is 11.6 Å². The molecule has 1 saturated heterocycles. The number of ether oxygens (including phenoxy) is 2. The molecular weight excluding hydrogens is 537 g/mol. The van der Waals surface area contributed by atoms with Crippen molar-refractivity contribution in [2.75, 3.05) is 7.11 Å². The number of nitro benzene ring substituents is 1. The molecule has 9 nitrogen and oxygen atoms in total. The highest BCUT2D eigenvalue weighted by Gasteiger charge is 2.34. The lowest BCUT2D eigenvalue weighted by Crippen LogP contribution is -2.30. The standard InChI is InChI=1S/C25H19BrFN3O6/c1-35-22-12-16(10-19(26)23(22)36-14-15-5-4-7-18(9-15)30(33)34)11-21-24(31)29(25(32)28-21)13-17-6-2-3-8-20(17)27/h2-12H,13-14H2,1H3,(H,28,32)/b21-11+. The number of nitro groups is 1. The molecule has 3 aromatic rings. The van der Waals surface area contributed by atoms with Gasteiger partial charge in [-0.2, -0.15) is 0 Å². The van der Waals surface area contributed by atoms with E-state index in [2.05, 4.69) is 21.2 Å². The number of urea groups is 1. The molecule has 3 amide bonds. The lowest BCUT2D eigenvalue weighted by molar-refractivity contribution is -0.384. The van der Waals surface area contributed by atoms with Crippen LogP contribution < -0.4 is 14.8 Å². The van der Waals surface area contributed by atoms with Crippen molar-refractivity contribution in [3.63, 3.8) is 0 Å². The van der Waals surface area contributed by atoms with Crippen molar-refractivity contribution in [2.45, 2.75) is 13.2 Å². The van der Waals surface area contributed by atoms with Gasteiger partial charge < -0.3 is 14.8 Å². The number of methoxy groups -OCH3 is 1. The molecule has 11 heteroatoms. The third kappa shape index (κ3) is 5.36. The molecule has 0 bridgehead atoms. The molecule has 4 rings (SSSR count). The topological polar surface area (TPSA) is 111 Å². The van der Waals surface area contributed by atoms with Gasteiger partial charge in [-0.3, -0.25) is 19.8 Å². The van der Waals surface area contributed by atoms with E-state index in [4.69, 9.17) is 9.47 Å². The summed E-state index contributed by atoms with van der Waals surface area (Å²) in [6.45, 7) is -0.150. The summed E-state index contributed by atoms with van der Waals surface area (Å²) in [4.78, 5) is 36.6. The first-order valence-electron chi connectivity index (χ1n) is 10.6.